The third kappa shape index (κ3) is 4.43. The molecule has 0 aromatic heterocycles. The van der Waals surface area contributed by atoms with Gasteiger partial charge in [-0.25, -0.2) is 4.39 Å². The molecule has 1 saturated heterocycles. The molecule has 5 nitrogen and oxygen atoms in total. The molecule has 0 saturated carbocycles. The number of aliphatic hydroxyl groups is 1. The maximum absolute atomic E-state index is 14.1. The van der Waals surface area contributed by atoms with Crippen LogP contribution in [0.25, 0.3) is 11.1 Å². The van der Waals surface area contributed by atoms with Crippen LogP contribution in [0.2, 0.25) is 0 Å². The number of aliphatic hydroxyl groups excluding tert-OH is 1. The monoisotopic (exact) mass is 483 g/mol. The number of halogens is 1. The zero-order valence-corrected chi connectivity index (χ0v) is 19.5. The molecule has 1 aliphatic heterocycles. The van der Waals surface area contributed by atoms with Gasteiger partial charge in [-0.3, -0.25) is 4.79 Å². The van der Waals surface area contributed by atoms with E-state index in [2.05, 4.69) is 0 Å². The van der Waals surface area contributed by atoms with Gasteiger partial charge in [0.05, 0.1) is 18.1 Å². The van der Waals surface area contributed by atoms with Crippen LogP contribution in [0.15, 0.2) is 97.1 Å². The van der Waals surface area contributed by atoms with Crippen LogP contribution in [0.3, 0.4) is 0 Å². The number of aromatic hydroxyl groups is 2. The van der Waals surface area contributed by atoms with Crippen molar-refractivity contribution in [1.82, 2.24) is 0 Å². The van der Waals surface area contributed by atoms with E-state index >= 15 is 0 Å². The number of phenolic OH excluding ortho intramolecular Hbond substituents is 2. The summed E-state index contributed by atoms with van der Waals surface area (Å²) < 4.78 is 14.1. The highest BCUT2D eigenvalue weighted by molar-refractivity contribution is 6.03. The number of hydrogen-bond donors (Lipinski definition) is 3. The summed E-state index contributed by atoms with van der Waals surface area (Å²) in [5.41, 5.74) is 3.00. The second-order valence-electron chi connectivity index (χ2n) is 9.03. The number of carbonyl (C=O) groups excluding carboxylic acids is 1. The van der Waals surface area contributed by atoms with Gasteiger partial charge in [-0.1, -0.05) is 60.7 Å². The van der Waals surface area contributed by atoms with Gasteiger partial charge < -0.3 is 20.2 Å². The zero-order valence-electron chi connectivity index (χ0n) is 19.5. The molecule has 5 rings (SSSR count). The minimum Gasteiger partial charge on any atom is -0.508 e. The number of para-hydroxylation sites is 1. The van der Waals surface area contributed by atoms with Crippen LogP contribution in [0, 0.1) is 11.7 Å². The van der Waals surface area contributed by atoms with Gasteiger partial charge in [-0.05, 0) is 60.4 Å². The van der Waals surface area contributed by atoms with E-state index in [1.54, 1.807) is 53.4 Å². The fourth-order valence-electron chi connectivity index (χ4n) is 4.96. The maximum Gasteiger partial charge on any atom is 0.233 e. The number of hydrogen-bond acceptors (Lipinski definition) is 4. The summed E-state index contributed by atoms with van der Waals surface area (Å²) in [5, 5.41) is 31.4. The summed E-state index contributed by atoms with van der Waals surface area (Å²) in [6.07, 6.45) is -0.499. The van der Waals surface area contributed by atoms with Crippen LogP contribution in [0.5, 0.6) is 11.5 Å². The van der Waals surface area contributed by atoms with Crippen molar-refractivity contribution in [3.8, 4) is 22.6 Å². The molecule has 36 heavy (non-hydrogen) atoms. The standard InChI is InChI=1S/C30H26FNO4/c31-26-12-5-4-11-23(26)27(34)16-15-25-29(32(30(25)36)21-8-2-1-3-9-21)24-14-13-20(18-28(24)35)19-7-6-10-22(33)17-19/h1-14,17-18,25,27,29,33-35H,15-16H2/t25-,27+,29-/m1/s1. The first-order valence-corrected chi connectivity index (χ1v) is 11.9. The molecule has 4 aromatic carbocycles. The van der Waals surface area contributed by atoms with Gasteiger partial charge in [0.15, 0.2) is 0 Å². The van der Waals surface area contributed by atoms with Crippen molar-refractivity contribution in [1.29, 1.82) is 0 Å². The predicted molar refractivity (Wildman–Crippen MR) is 136 cm³/mol. The van der Waals surface area contributed by atoms with Gasteiger partial charge in [0.1, 0.15) is 17.3 Å². The Morgan fingerprint density at radius 2 is 1.56 bits per heavy atom. The Hall–Kier alpha value is -4.16. The van der Waals surface area contributed by atoms with Crippen LogP contribution in [0.4, 0.5) is 10.1 Å². The van der Waals surface area contributed by atoms with E-state index < -0.39 is 23.9 Å². The molecule has 0 radical (unpaired) electrons. The third-order valence-corrected chi connectivity index (χ3v) is 6.79. The first-order valence-electron chi connectivity index (χ1n) is 11.9. The van der Waals surface area contributed by atoms with Crippen LogP contribution in [0.1, 0.15) is 36.1 Å². The molecule has 4 aromatic rings. The Bertz CT molecular complexity index is 1390. The average Bonchev–Trinajstić information content (AvgIpc) is 2.88. The summed E-state index contributed by atoms with van der Waals surface area (Å²) in [7, 11) is 0. The number of nitrogens with zero attached hydrogens (tertiary/aromatic N) is 1. The highest BCUT2D eigenvalue weighted by Gasteiger charge is 2.49. The lowest BCUT2D eigenvalue weighted by Gasteiger charge is -2.48. The molecule has 3 N–H and O–H groups in total. The van der Waals surface area contributed by atoms with E-state index in [4.69, 9.17) is 0 Å². The molecule has 3 atom stereocenters. The summed E-state index contributed by atoms with van der Waals surface area (Å²) in [6.45, 7) is 0. The minimum absolute atomic E-state index is 0.0360. The summed E-state index contributed by atoms with van der Waals surface area (Å²) in [5.74, 6) is -0.904. The van der Waals surface area contributed by atoms with Crippen molar-refractivity contribution in [3.63, 3.8) is 0 Å². The number of carbonyl (C=O) groups is 1. The Morgan fingerprint density at radius 1 is 0.833 bits per heavy atom. The lowest BCUT2D eigenvalue weighted by atomic mass is 9.77. The number of phenols is 2. The summed E-state index contributed by atoms with van der Waals surface area (Å²) in [4.78, 5) is 14.9. The van der Waals surface area contributed by atoms with Crippen molar-refractivity contribution >= 4 is 11.6 Å². The molecule has 1 aliphatic rings. The van der Waals surface area contributed by atoms with Gasteiger partial charge in [0.2, 0.25) is 5.91 Å². The van der Waals surface area contributed by atoms with Gasteiger partial charge in [-0.2, -0.15) is 0 Å². The predicted octanol–water partition coefficient (Wildman–Crippen LogP) is 6.12. The third-order valence-electron chi connectivity index (χ3n) is 6.79. The van der Waals surface area contributed by atoms with Crippen LogP contribution in [-0.2, 0) is 4.79 Å². The molecule has 0 bridgehead atoms. The normalized spacial score (nSPS) is 18.1. The van der Waals surface area contributed by atoms with Gasteiger partial charge in [0, 0.05) is 16.8 Å². The van der Waals surface area contributed by atoms with Crippen LogP contribution >= 0.6 is 0 Å². The molecule has 0 aliphatic carbocycles. The first-order chi connectivity index (χ1) is 17.4. The Labute approximate surface area is 208 Å². The second-order valence-corrected chi connectivity index (χ2v) is 9.03. The molecule has 0 spiro atoms. The van der Waals surface area contributed by atoms with Crippen molar-refractivity contribution < 1.29 is 24.5 Å². The number of benzene rings is 4. The van der Waals surface area contributed by atoms with Crippen molar-refractivity contribution in [2.24, 2.45) is 5.92 Å². The van der Waals surface area contributed by atoms with Crippen LogP contribution in [-0.4, -0.2) is 21.2 Å². The topological polar surface area (TPSA) is 81.0 Å². The smallest absolute Gasteiger partial charge is 0.233 e. The molecule has 182 valence electrons. The average molecular weight is 484 g/mol. The molecule has 1 heterocycles. The number of anilines is 1. The van der Waals surface area contributed by atoms with Crippen molar-refractivity contribution in [2.45, 2.75) is 25.0 Å². The molecule has 1 fully saturated rings. The number of rotatable bonds is 7. The Balaban J connectivity index is 1.44. The summed E-state index contributed by atoms with van der Waals surface area (Å²) in [6, 6.07) is 26.9. The van der Waals surface area contributed by atoms with Crippen molar-refractivity contribution in [3.05, 3.63) is 114 Å². The molecule has 1 amide bonds. The Kier molecular flexibility index (Phi) is 6.44. The molecular formula is C30H26FNO4. The zero-order chi connectivity index (χ0) is 25.2. The quantitative estimate of drug-likeness (QED) is 0.277. The minimum atomic E-state index is -1.04. The number of β-lactam (4-membered cyclic amide) rings is 1. The highest BCUT2D eigenvalue weighted by Crippen LogP contribution is 2.49. The van der Waals surface area contributed by atoms with E-state index in [1.807, 2.05) is 42.5 Å². The molecule has 6 heteroatoms. The molecule has 0 unspecified atom stereocenters. The maximum atomic E-state index is 14.1. The molecular weight excluding hydrogens is 457 g/mol. The Morgan fingerprint density at radius 3 is 2.28 bits per heavy atom. The van der Waals surface area contributed by atoms with E-state index in [-0.39, 0.29) is 29.4 Å². The fourth-order valence-corrected chi connectivity index (χ4v) is 4.96. The SMILES string of the molecule is O=C1[C@H](CC[C@H](O)c2ccccc2F)[C@@H](c2ccc(-c3cccc(O)c3)cc2O)N1c1ccccc1. The first kappa shape index (κ1) is 23.6. The van der Waals surface area contributed by atoms with Crippen LogP contribution < -0.4 is 4.90 Å². The lowest BCUT2D eigenvalue weighted by molar-refractivity contribution is -0.131. The summed E-state index contributed by atoms with van der Waals surface area (Å²) >= 11 is 0. The van der Waals surface area contributed by atoms with Gasteiger partial charge >= 0.3 is 0 Å². The van der Waals surface area contributed by atoms with E-state index in [0.717, 1.165) is 16.8 Å². The van der Waals surface area contributed by atoms with E-state index in [9.17, 15) is 24.5 Å². The second kappa shape index (κ2) is 9.84. The lowest BCUT2D eigenvalue weighted by Crippen LogP contribution is -2.55. The number of amides is 1. The van der Waals surface area contributed by atoms with Gasteiger partial charge in [0.25, 0.3) is 0 Å². The highest BCUT2D eigenvalue weighted by atomic mass is 19.1. The van der Waals surface area contributed by atoms with Crippen molar-refractivity contribution in [2.75, 3.05) is 4.90 Å². The fraction of sp³-hybridized carbons (Fsp3) is 0.167. The largest absolute Gasteiger partial charge is 0.508 e. The van der Waals surface area contributed by atoms with Gasteiger partial charge in [-0.15, -0.1) is 0 Å². The van der Waals surface area contributed by atoms with E-state index in [0.29, 0.717) is 12.0 Å². The van der Waals surface area contributed by atoms with E-state index in [1.165, 1.54) is 6.07 Å².